The van der Waals surface area contributed by atoms with Gasteiger partial charge in [-0.15, -0.1) is 0 Å². The molecule has 1 aromatic rings. The largest absolute Gasteiger partial charge is 0.311 e. The van der Waals surface area contributed by atoms with E-state index in [1.165, 1.54) is 5.56 Å². The van der Waals surface area contributed by atoms with Crippen molar-refractivity contribution in [2.75, 3.05) is 0 Å². The first-order chi connectivity index (χ1) is 8.67. The molecule has 1 aromatic heterocycles. The van der Waals surface area contributed by atoms with Crippen molar-refractivity contribution in [3.8, 4) is 0 Å². The lowest BCUT2D eigenvalue weighted by atomic mass is 9.85. The van der Waals surface area contributed by atoms with Gasteiger partial charge < -0.3 is 5.32 Å². The van der Waals surface area contributed by atoms with Crippen LogP contribution in [0.15, 0.2) is 18.3 Å². The summed E-state index contributed by atoms with van der Waals surface area (Å²) in [6, 6.07) is 4.85. The van der Waals surface area contributed by atoms with Crippen LogP contribution in [0.1, 0.15) is 43.9 Å². The lowest BCUT2D eigenvalue weighted by Gasteiger charge is -2.34. The summed E-state index contributed by atoms with van der Waals surface area (Å²) in [5.74, 6) is 0. The van der Waals surface area contributed by atoms with Gasteiger partial charge in [0.05, 0.1) is 0 Å². The summed E-state index contributed by atoms with van der Waals surface area (Å²) in [5, 5.41) is 3.49. The van der Waals surface area contributed by atoms with Gasteiger partial charge in [-0.3, -0.25) is 4.98 Å². The molecule has 2 unspecified atom stereocenters. The maximum absolute atomic E-state index is 14.9. The third-order valence-electron chi connectivity index (χ3n) is 4.35. The summed E-state index contributed by atoms with van der Waals surface area (Å²) in [7, 11) is 0. The van der Waals surface area contributed by atoms with Crippen molar-refractivity contribution < 1.29 is 4.39 Å². The topological polar surface area (TPSA) is 24.9 Å². The van der Waals surface area contributed by atoms with Crippen molar-refractivity contribution in [1.82, 2.24) is 10.3 Å². The van der Waals surface area contributed by atoms with Crippen LogP contribution in [0, 0.1) is 0 Å². The highest BCUT2D eigenvalue weighted by Crippen LogP contribution is 2.38. The fraction of sp³-hybridized carbons (Fsp3) is 0.667. The van der Waals surface area contributed by atoms with Crippen LogP contribution in [0.3, 0.4) is 0 Å². The van der Waals surface area contributed by atoms with Crippen LogP contribution in [0.2, 0.25) is 0 Å². The number of alkyl halides is 1. The number of aryl methyl sites for hydroxylation is 1. The van der Waals surface area contributed by atoms with Gasteiger partial charge in [0.1, 0.15) is 5.67 Å². The van der Waals surface area contributed by atoms with E-state index in [4.69, 9.17) is 0 Å². The molecule has 98 valence electrons. The Balaban J connectivity index is 1.70. The minimum Gasteiger partial charge on any atom is -0.311 e. The van der Waals surface area contributed by atoms with Crippen LogP contribution in [0.25, 0.3) is 0 Å². The molecule has 18 heavy (non-hydrogen) atoms. The zero-order chi connectivity index (χ0) is 12.6. The van der Waals surface area contributed by atoms with E-state index in [0.29, 0.717) is 31.3 Å². The zero-order valence-electron chi connectivity index (χ0n) is 11.0. The van der Waals surface area contributed by atoms with Gasteiger partial charge in [-0.2, -0.15) is 0 Å². The highest BCUT2D eigenvalue weighted by atomic mass is 19.1. The highest BCUT2D eigenvalue weighted by molar-refractivity contribution is 5.16. The molecule has 1 N–H and O–H groups in total. The van der Waals surface area contributed by atoms with Crippen molar-refractivity contribution in [3.63, 3.8) is 0 Å². The molecule has 0 saturated carbocycles. The fourth-order valence-corrected chi connectivity index (χ4v) is 3.43. The van der Waals surface area contributed by atoms with Gasteiger partial charge in [-0.25, -0.2) is 4.39 Å². The van der Waals surface area contributed by atoms with Crippen LogP contribution in [0.5, 0.6) is 0 Å². The Bertz CT molecular complexity index is 403. The normalized spacial score (nSPS) is 34.8. The number of pyridine rings is 1. The van der Waals surface area contributed by atoms with E-state index in [0.717, 1.165) is 25.0 Å². The van der Waals surface area contributed by atoms with Crippen LogP contribution in [0.4, 0.5) is 4.39 Å². The number of hydrogen-bond donors (Lipinski definition) is 1. The predicted molar refractivity (Wildman–Crippen MR) is 70.3 cm³/mol. The average molecular weight is 248 g/mol. The molecule has 0 aliphatic carbocycles. The highest BCUT2D eigenvalue weighted by Gasteiger charge is 2.44. The Morgan fingerprint density at radius 3 is 2.61 bits per heavy atom. The Labute approximate surface area is 108 Å². The van der Waals surface area contributed by atoms with Gasteiger partial charge in [0.15, 0.2) is 0 Å². The maximum atomic E-state index is 14.9. The van der Waals surface area contributed by atoms with Crippen molar-refractivity contribution in [2.24, 2.45) is 0 Å². The van der Waals surface area contributed by atoms with Crippen LogP contribution < -0.4 is 5.32 Å². The Kier molecular flexibility index (Phi) is 3.10. The zero-order valence-corrected chi connectivity index (χ0v) is 11.0. The quantitative estimate of drug-likeness (QED) is 0.889. The second-order valence-corrected chi connectivity index (χ2v) is 5.89. The lowest BCUT2D eigenvalue weighted by Crippen LogP contribution is -2.47. The van der Waals surface area contributed by atoms with Crippen molar-refractivity contribution in [1.29, 1.82) is 0 Å². The van der Waals surface area contributed by atoms with Crippen molar-refractivity contribution in [2.45, 2.75) is 63.2 Å². The predicted octanol–water partition coefficient (Wildman–Crippen LogP) is 2.81. The first-order valence-corrected chi connectivity index (χ1v) is 7.06. The summed E-state index contributed by atoms with van der Waals surface area (Å²) < 4.78 is 14.9. The fourth-order valence-electron chi connectivity index (χ4n) is 3.43. The molecule has 2 nitrogen and oxygen atoms in total. The number of piperidine rings is 1. The molecule has 2 aliphatic rings. The maximum Gasteiger partial charge on any atom is 0.119 e. The molecule has 2 atom stereocenters. The summed E-state index contributed by atoms with van der Waals surface area (Å²) in [4.78, 5) is 4.40. The first-order valence-electron chi connectivity index (χ1n) is 7.06. The molecule has 3 heteroatoms. The van der Waals surface area contributed by atoms with Gasteiger partial charge in [-0.05, 0) is 43.7 Å². The molecular weight excluding hydrogens is 227 g/mol. The number of fused-ring (bicyclic) bond motifs is 2. The van der Waals surface area contributed by atoms with E-state index in [2.05, 4.69) is 23.3 Å². The smallest absolute Gasteiger partial charge is 0.119 e. The summed E-state index contributed by atoms with van der Waals surface area (Å²) >= 11 is 0. The standard InChI is InChI=1S/C15H21FN2/c1-2-11-3-4-12(17-10-11)7-15(16)8-13-5-6-14(9-15)18-13/h3-4,10,13-14,18H,2,5-9H2,1H3. The van der Waals surface area contributed by atoms with Crippen molar-refractivity contribution >= 4 is 0 Å². The van der Waals surface area contributed by atoms with E-state index in [1.807, 2.05) is 12.3 Å². The minimum absolute atomic E-state index is 0.392. The van der Waals surface area contributed by atoms with Crippen LogP contribution >= 0.6 is 0 Å². The Morgan fingerprint density at radius 1 is 1.33 bits per heavy atom. The summed E-state index contributed by atoms with van der Waals surface area (Å²) in [5.41, 5.74) is 1.07. The number of hydrogen-bond acceptors (Lipinski definition) is 2. The second kappa shape index (κ2) is 4.61. The van der Waals surface area contributed by atoms with Crippen LogP contribution in [-0.2, 0) is 12.8 Å². The average Bonchev–Trinajstić information content (AvgIpc) is 2.70. The monoisotopic (exact) mass is 248 g/mol. The number of aromatic nitrogens is 1. The minimum atomic E-state index is -1.04. The number of nitrogens with one attached hydrogen (secondary N) is 1. The molecule has 0 aromatic carbocycles. The second-order valence-electron chi connectivity index (χ2n) is 5.89. The van der Waals surface area contributed by atoms with E-state index >= 15 is 0 Å². The number of rotatable bonds is 3. The Hall–Kier alpha value is -0.960. The number of halogens is 1. The SMILES string of the molecule is CCc1ccc(CC2(F)CC3CCC(C2)N3)nc1. The Morgan fingerprint density at radius 2 is 2.06 bits per heavy atom. The van der Waals surface area contributed by atoms with Gasteiger partial charge in [0, 0.05) is 30.4 Å². The molecule has 3 heterocycles. The van der Waals surface area contributed by atoms with Gasteiger partial charge in [0.25, 0.3) is 0 Å². The van der Waals surface area contributed by atoms with E-state index in [9.17, 15) is 4.39 Å². The summed E-state index contributed by atoms with van der Waals surface area (Å²) in [6.07, 6.45) is 6.93. The number of nitrogens with zero attached hydrogens (tertiary/aromatic N) is 1. The molecule has 3 rings (SSSR count). The van der Waals surface area contributed by atoms with Gasteiger partial charge in [-0.1, -0.05) is 13.0 Å². The third kappa shape index (κ3) is 2.41. The molecule has 2 aliphatic heterocycles. The summed E-state index contributed by atoms with van der Waals surface area (Å²) in [6.45, 7) is 2.11. The molecule has 0 amide bonds. The first kappa shape index (κ1) is 12.1. The molecule has 0 radical (unpaired) electrons. The lowest BCUT2D eigenvalue weighted by molar-refractivity contribution is 0.0883. The van der Waals surface area contributed by atoms with Gasteiger partial charge >= 0.3 is 0 Å². The van der Waals surface area contributed by atoms with E-state index in [-0.39, 0.29) is 0 Å². The molecule has 2 fully saturated rings. The molecule has 2 bridgehead atoms. The molecule has 0 spiro atoms. The third-order valence-corrected chi connectivity index (χ3v) is 4.35. The molecular formula is C15H21FN2. The molecule has 2 saturated heterocycles. The van der Waals surface area contributed by atoms with Crippen LogP contribution in [-0.4, -0.2) is 22.7 Å². The van der Waals surface area contributed by atoms with Gasteiger partial charge in [0.2, 0.25) is 0 Å². The van der Waals surface area contributed by atoms with Crippen molar-refractivity contribution in [3.05, 3.63) is 29.6 Å². The van der Waals surface area contributed by atoms with E-state index < -0.39 is 5.67 Å². The van der Waals surface area contributed by atoms with E-state index in [1.54, 1.807) is 0 Å².